The average Bonchev–Trinajstić information content (AvgIpc) is 2.62. The lowest BCUT2D eigenvalue weighted by Gasteiger charge is -2.39. The SMILES string of the molecule is FC(F)F.O=C1CCCCC1SC(C1CCCCC1)C1CCCCC1. The Labute approximate surface area is 154 Å². The molecule has 0 saturated heterocycles. The van der Waals surface area contributed by atoms with Gasteiger partial charge in [0.25, 0.3) is 0 Å². The van der Waals surface area contributed by atoms with Gasteiger partial charge in [-0.1, -0.05) is 44.9 Å². The van der Waals surface area contributed by atoms with Gasteiger partial charge in [0, 0.05) is 11.7 Å². The van der Waals surface area contributed by atoms with E-state index in [9.17, 15) is 18.0 Å². The predicted molar refractivity (Wildman–Crippen MR) is 98.9 cm³/mol. The number of Topliss-reactive ketones (excluding diaryl/α,β-unsaturated/α-hetero) is 1. The molecule has 1 unspecified atom stereocenters. The molecule has 3 aliphatic rings. The summed E-state index contributed by atoms with van der Waals surface area (Å²) in [4.78, 5) is 12.3. The van der Waals surface area contributed by atoms with Crippen molar-refractivity contribution < 1.29 is 18.0 Å². The summed E-state index contributed by atoms with van der Waals surface area (Å²) in [5, 5.41) is 1.16. The molecule has 3 saturated carbocycles. The maximum absolute atomic E-state index is 12.3. The monoisotopic (exact) mass is 378 g/mol. The van der Waals surface area contributed by atoms with Crippen molar-refractivity contribution in [3.8, 4) is 0 Å². The molecule has 5 heteroatoms. The normalized spacial score (nSPS) is 26.6. The third kappa shape index (κ3) is 7.52. The standard InChI is InChI=1S/C19H32OS.CHF3/c20-17-13-7-8-14-18(17)21-19(15-9-3-1-4-10-15)16-11-5-2-6-12-16;2-1(3)4/h15-16,18-19H,1-14H2;1H. The van der Waals surface area contributed by atoms with Crippen LogP contribution in [0.3, 0.4) is 0 Å². The molecule has 0 aliphatic heterocycles. The Morgan fingerprint density at radius 1 is 0.720 bits per heavy atom. The van der Waals surface area contributed by atoms with Gasteiger partial charge in [-0.2, -0.15) is 13.2 Å². The van der Waals surface area contributed by atoms with Crippen LogP contribution < -0.4 is 0 Å². The highest BCUT2D eigenvalue weighted by molar-refractivity contribution is 8.01. The van der Waals surface area contributed by atoms with Gasteiger partial charge < -0.3 is 0 Å². The molecule has 1 nitrogen and oxygen atoms in total. The van der Waals surface area contributed by atoms with Crippen LogP contribution in [0.5, 0.6) is 0 Å². The van der Waals surface area contributed by atoms with Crippen molar-refractivity contribution in [3.63, 3.8) is 0 Å². The molecule has 0 bridgehead atoms. The van der Waals surface area contributed by atoms with Gasteiger partial charge in [0.2, 0.25) is 0 Å². The Balaban J connectivity index is 0.000000511. The Hall–Kier alpha value is -0.190. The summed E-state index contributed by atoms with van der Waals surface area (Å²) >= 11 is 2.14. The number of thioether (sulfide) groups is 1. The van der Waals surface area contributed by atoms with E-state index in [-0.39, 0.29) is 0 Å². The number of carbonyl (C=O) groups excluding carboxylic acids is 1. The van der Waals surface area contributed by atoms with Crippen LogP contribution in [0, 0.1) is 11.8 Å². The van der Waals surface area contributed by atoms with E-state index < -0.39 is 6.68 Å². The summed E-state index contributed by atoms with van der Waals surface area (Å²) in [5.41, 5.74) is 0. The van der Waals surface area contributed by atoms with Gasteiger partial charge in [-0.05, 0) is 50.4 Å². The first-order chi connectivity index (χ1) is 12.1. The molecule has 1 atom stereocenters. The summed E-state index contributed by atoms with van der Waals surface area (Å²) < 4.78 is 29.0. The molecule has 0 radical (unpaired) electrons. The number of alkyl halides is 3. The molecule has 0 aromatic rings. The van der Waals surface area contributed by atoms with Crippen LogP contribution in [0.4, 0.5) is 13.2 Å². The fraction of sp³-hybridized carbons (Fsp3) is 0.950. The molecule has 146 valence electrons. The van der Waals surface area contributed by atoms with E-state index in [1.165, 1.54) is 77.0 Å². The summed E-state index contributed by atoms with van der Waals surface area (Å²) in [5.74, 6) is 2.41. The fourth-order valence-corrected chi connectivity index (χ4v) is 6.76. The van der Waals surface area contributed by atoms with Crippen LogP contribution >= 0.6 is 11.8 Å². The van der Waals surface area contributed by atoms with Gasteiger partial charge in [-0.3, -0.25) is 4.79 Å². The highest BCUT2D eigenvalue weighted by atomic mass is 32.2. The first kappa shape index (κ1) is 21.1. The Kier molecular flexibility index (Phi) is 9.72. The van der Waals surface area contributed by atoms with Gasteiger partial charge in [0.15, 0.2) is 0 Å². The lowest BCUT2D eigenvalue weighted by Crippen LogP contribution is -2.34. The Morgan fingerprint density at radius 3 is 1.60 bits per heavy atom. The zero-order chi connectivity index (χ0) is 18.1. The third-order valence-electron chi connectivity index (χ3n) is 6.05. The molecule has 3 fully saturated rings. The van der Waals surface area contributed by atoms with Crippen molar-refractivity contribution in [3.05, 3.63) is 0 Å². The van der Waals surface area contributed by atoms with Gasteiger partial charge in [0.05, 0.1) is 5.25 Å². The lowest BCUT2D eigenvalue weighted by molar-refractivity contribution is -0.119. The van der Waals surface area contributed by atoms with Crippen LogP contribution in [-0.4, -0.2) is 23.0 Å². The average molecular weight is 379 g/mol. The fourth-order valence-electron chi connectivity index (χ4n) is 4.82. The minimum Gasteiger partial charge on any atom is -0.298 e. The molecule has 3 rings (SSSR count). The summed E-state index contributed by atoms with van der Waals surface area (Å²) in [6.07, 6.45) is 18.9. The molecular formula is C20H33F3OS. The second kappa shape index (κ2) is 11.5. The van der Waals surface area contributed by atoms with Crippen LogP contribution in [0.1, 0.15) is 89.9 Å². The van der Waals surface area contributed by atoms with Crippen molar-refractivity contribution in [1.82, 2.24) is 0 Å². The molecule has 0 amide bonds. The first-order valence-electron chi connectivity index (χ1n) is 10.2. The number of carbonyl (C=O) groups is 1. The van der Waals surface area contributed by atoms with Crippen molar-refractivity contribution in [2.45, 2.75) is 107 Å². The molecule has 0 N–H and O–H groups in total. The zero-order valence-electron chi connectivity index (χ0n) is 15.2. The first-order valence-corrected chi connectivity index (χ1v) is 11.1. The topological polar surface area (TPSA) is 17.1 Å². The number of halogens is 3. The second-order valence-electron chi connectivity index (χ2n) is 7.85. The van der Waals surface area contributed by atoms with Gasteiger partial charge >= 0.3 is 6.68 Å². The quantitative estimate of drug-likeness (QED) is 0.527. The second-order valence-corrected chi connectivity index (χ2v) is 9.23. The Morgan fingerprint density at radius 2 is 1.16 bits per heavy atom. The smallest absolute Gasteiger partial charge is 0.298 e. The molecule has 25 heavy (non-hydrogen) atoms. The van der Waals surface area contributed by atoms with E-state index in [1.54, 1.807) is 0 Å². The highest BCUT2D eigenvalue weighted by Gasteiger charge is 2.35. The summed E-state index contributed by atoms with van der Waals surface area (Å²) in [6, 6.07) is 0. The molecule has 0 heterocycles. The van der Waals surface area contributed by atoms with Gasteiger partial charge in [0.1, 0.15) is 5.78 Å². The summed E-state index contributed by atoms with van der Waals surface area (Å²) in [6.45, 7) is -3.67. The van der Waals surface area contributed by atoms with E-state index >= 15 is 0 Å². The van der Waals surface area contributed by atoms with Crippen molar-refractivity contribution in [2.24, 2.45) is 11.8 Å². The number of hydrogen-bond acceptors (Lipinski definition) is 2. The lowest BCUT2D eigenvalue weighted by atomic mass is 9.77. The molecule has 0 aromatic carbocycles. The largest absolute Gasteiger partial charge is 0.379 e. The third-order valence-corrected chi connectivity index (χ3v) is 7.96. The van der Waals surface area contributed by atoms with Crippen LogP contribution in [0.15, 0.2) is 0 Å². The van der Waals surface area contributed by atoms with Gasteiger partial charge in [-0.25, -0.2) is 0 Å². The van der Waals surface area contributed by atoms with E-state index in [2.05, 4.69) is 11.8 Å². The zero-order valence-corrected chi connectivity index (χ0v) is 16.1. The maximum Gasteiger partial charge on any atom is 0.379 e. The van der Waals surface area contributed by atoms with Gasteiger partial charge in [-0.15, -0.1) is 11.8 Å². The van der Waals surface area contributed by atoms with E-state index in [1.807, 2.05) is 0 Å². The maximum atomic E-state index is 12.3. The Bertz CT molecular complexity index is 358. The highest BCUT2D eigenvalue weighted by Crippen LogP contribution is 2.44. The van der Waals surface area contributed by atoms with Crippen LogP contribution in [0.25, 0.3) is 0 Å². The van der Waals surface area contributed by atoms with E-state index in [4.69, 9.17) is 0 Å². The molecule has 0 aromatic heterocycles. The van der Waals surface area contributed by atoms with Crippen LogP contribution in [0.2, 0.25) is 0 Å². The molecule has 3 aliphatic carbocycles. The molecular weight excluding hydrogens is 345 g/mol. The van der Waals surface area contributed by atoms with E-state index in [0.717, 1.165) is 29.9 Å². The molecule has 0 spiro atoms. The van der Waals surface area contributed by atoms with Crippen molar-refractivity contribution in [2.75, 3.05) is 0 Å². The predicted octanol–water partition coefficient (Wildman–Crippen LogP) is 6.94. The summed E-state index contributed by atoms with van der Waals surface area (Å²) in [7, 11) is 0. The van der Waals surface area contributed by atoms with Crippen molar-refractivity contribution >= 4 is 17.5 Å². The number of rotatable bonds is 4. The number of hydrogen-bond donors (Lipinski definition) is 0. The van der Waals surface area contributed by atoms with Crippen molar-refractivity contribution in [1.29, 1.82) is 0 Å². The minimum absolute atomic E-state index is 0.354. The van der Waals surface area contributed by atoms with Crippen LogP contribution in [-0.2, 0) is 4.79 Å². The number of ketones is 1. The minimum atomic E-state index is -3.67. The van der Waals surface area contributed by atoms with E-state index in [0.29, 0.717) is 11.0 Å².